The number of carboxylic acids is 1. The highest BCUT2D eigenvalue weighted by molar-refractivity contribution is 7.89. The summed E-state index contributed by atoms with van der Waals surface area (Å²) in [7, 11) is -3.81. The lowest BCUT2D eigenvalue weighted by Crippen LogP contribution is -2.51. The van der Waals surface area contributed by atoms with Crippen LogP contribution in [0.1, 0.15) is 56.9 Å². The Morgan fingerprint density at radius 1 is 1.10 bits per heavy atom. The fourth-order valence-electron chi connectivity index (χ4n) is 4.38. The van der Waals surface area contributed by atoms with Crippen LogP contribution in [0.3, 0.4) is 0 Å². The van der Waals surface area contributed by atoms with E-state index in [9.17, 15) is 23.1 Å². The highest BCUT2D eigenvalue weighted by Crippen LogP contribution is 2.29. The molecule has 8 heteroatoms. The molecule has 1 saturated heterocycles. The summed E-state index contributed by atoms with van der Waals surface area (Å²) < 4.78 is 27.3. The van der Waals surface area contributed by atoms with Crippen molar-refractivity contribution < 1.29 is 23.1 Å². The normalized spacial score (nSPS) is 22.3. The van der Waals surface area contributed by atoms with Crippen LogP contribution < -0.4 is 5.32 Å². The van der Waals surface area contributed by atoms with Crippen molar-refractivity contribution >= 4 is 21.9 Å². The third-order valence-electron chi connectivity index (χ3n) is 6.04. The number of hydrogen-bond donors (Lipinski definition) is 2. The summed E-state index contributed by atoms with van der Waals surface area (Å²) in [5.41, 5.74) is 0.951. The Balaban J connectivity index is 1.71. The molecule has 1 unspecified atom stereocenters. The Hall–Kier alpha value is -1.93. The van der Waals surface area contributed by atoms with E-state index in [4.69, 9.17) is 0 Å². The van der Waals surface area contributed by atoms with Crippen molar-refractivity contribution in [2.75, 3.05) is 6.54 Å². The molecule has 1 aromatic rings. The number of aryl methyl sites for hydroxylation is 1. The van der Waals surface area contributed by atoms with Crippen molar-refractivity contribution in [1.29, 1.82) is 0 Å². The molecule has 0 bridgehead atoms. The van der Waals surface area contributed by atoms with Crippen LogP contribution in [0.5, 0.6) is 0 Å². The average molecular weight is 423 g/mol. The van der Waals surface area contributed by atoms with Crippen LogP contribution in [0.2, 0.25) is 0 Å². The molecule has 1 heterocycles. The van der Waals surface area contributed by atoms with Gasteiger partial charge in [0.05, 0.1) is 4.90 Å². The van der Waals surface area contributed by atoms with Crippen molar-refractivity contribution in [2.45, 2.75) is 75.3 Å². The van der Waals surface area contributed by atoms with E-state index in [1.54, 1.807) is 24.3 Å². The molecule has 1 saturated carbocycles. The molecule has 29 heavy (non-hydrogen) atoms. The minimum Gasteiger partial charge on any atom is -0.480 e. The molecule has 2 aliphatic rings. The molecule has 1 aliphatic carbocycles. The lowest BCUT2D eigenvalue weighted by Gasteiger charge is -2.28. The summed E-state index contributed by atoms with van der Waals surface area (Å²) in [6.45, 7) is 2.13. The maximum absolute atomic E-state index is 13.0. The minimum atomic E-state index is -3.81. The van der Waals surface area contributed by atoms with Gasteiger partial charge >= 0.3 is 5.97 Å². The molecule has 0 radical (unpaired) electrons. The van der Waals surface area contributed by atoms with Crippen LogP contribution in [-0.2, 0) is 19.6 Å². The summed E-state index contributed by atoms with van der Waals surface area (Å²) >= 11 is 0. The van der Waals surface area contributed by atoms with Crippen LogP contribution in [0.25, 0.3) is 0 Å². The van der Waals surface area contributed by atoms with Crippen LogP contribution in [-0.4, -0.2) is 48.3 Å². The Morgan fingerprint density at radius 2 is 1.76 bits per heavy atom. The second-order valence-electron chi connectivity index (χ2n) is 8.23. The Bertz CT molecular complexity index is 831. The fraction of sp³-hybridized carbons (Fsp3) is 0.619. The summed E-state index contributed by atoms with van der Waals surface area (Å²) in [5, 5.41) is 12.2. The number of amides is 1. The maximum Gasteiger partial charge on any atom is 0.326 e. The Morgan fingerprint density at radius 3 is 2.38 bits per heavy atom. The summed E-state index contributed by atoms with van der Waals surface area (Å²) in [6.07, 6.45) is 6.70. The third kappa shape index (κ3) is 5.17. The highest BCUT2D eigenvalue weighted by Gasteiger charge is 2.40. The van der Waals surface area contributed by atoms with Gasteiger partial charge in [0.2, 0.25) is 15.9 Å². The largest absolute Gasteiger partial charge is 0.480 e. The van der Waals surface area contributed by atoms with Crippen LogP contribution >= 0.6 is 0 Å². The van der Waals surface area contributed by atoms with Gasteiger partial charge in [-0.3, -0.25) is 4.79 Å². The van der Waals surface area contributed by atoms with E-state index in [1.807, 2.05) is 6.92 Å². The van der Waals surface area contributed by atoms with Crippen molar-refractivity contribution in [1.82, 2.24) is 9.62 Å². The van der Waals surface area contributed by atoms with Crippen LogP contribution in [0, 0.1) is 12.8 Å². The van der Waals surface area contributed by atoms with Gasteiger partial charge in [-0.15, -0.1) is 0 Å². The number of carbonyl (C=O) groups is 2. The summed E-state index contributed by atoms with van der Waals surface area (Å²) in [5.74, 6) is -1.28. The standard InChI is InChI=1S/C21H30N2O5S/c1-15-9-11-17(12-10-15)29(27,28)23-13-5-8-19(23)20(24)22-18(21(25)26)14-16-6-3-2-4-7-16/h9-12,16,18-19H,2-8,13-14H2,1H3,(H,22,24)(H,25,26)/t18?,19-/m0/s1. The van der Waals surface area contributed by atoms with E-state index in [2.05, 4.69) is 5.32 Å². The Labute approximate surface area is 172 Å². The predicted molar refractivity (Wildman–Crippen MR) is 109 cm³/mol. The summed E-state index contributed by atoms with van der Waals surface area (Å²) in [4.78, 5) is 24.7. The molecule has 0 spiro atoms. The van der Waals surface area contributed by atoms with Crippen molar-refractivity contribution in [3.05, 3.63) is 29.8 Å². The van der Waals surface area contributed by atoms with Crippen LogP contribution in [0.4, 0.5) is 0 Å². The zero-order valence-electron chi connectivity index (χ0n) is 16.8. The highest BCUT2D eigenvalue weighted by atomic mass is 32.2. The van der Waals surface area contributed by atoms with E-state index in [0.29, 0.717) is 25.2 Å². The smallest absolute Gasteiger partial charge is 0.326 e. The molecule has 3 rings (SSSR count). The van der Waals surface area contributed by atoms with E-state index in [-0.39, 0.29) is 11.4 Å². The number of rotatable bonds is 7. The zero-order chi connectivity index (χ0) is 21.0. The van der Waals surface area contributed by atoms with Crippen molar-refractivity contribution in [3.8, 4) is 0 Å². The van der Waals surface area contributed by atoms with Crippen molar-refractivity contribution in [3.63, 3.8) is 0 Å². The van der Waals surface area contributed by atoms with Gasteiger partial charge in [-0.05, 0) is 44.2 Å². The lowest BCUT2D eigenvalue weighted by atomic mass is 9.85. The molecule has 2 N–H and O–H groups in total. The Kier molecular flexibility index (Phi) is 6.95. The first kappa shape index (κ1) is 21.8. The van der Waals surface area contributed by atoms with Gasteiger partial charge < -0.3 is 10.4 Å². The number of nitrogens with zero attached hydrogens (tertiary/aromatic N) is 1. The van der Waals surface area contributed by atoms with Gasteiger partial charge in [-0.1, -0.05) is 49.8 Å². The zero-order valence-corrected chi connectivity index (χ0v) is 17.7. The molecule has 2 fully saturated rings. The molecule has 2 atom stereocenters. The van der Waals surface area contributed by atoms with E-state index in [1.165, 1.54) is 10.7 Å². The van der Waals surface area contributed by atoms with Gasteiger partial charge in [-0.2, -0.15) is 4.31 Å². The molecule has 1 amide bonds. The van der Waals surface area contributed by atoms with Gasteiger partial charge in [-0.25, -0.2) is 13.2 Å². The molecule has 1 aromatic carbocycles. The quantitative estimate of drug-likeness (QED) is 0.703. The molecule has 160 valence electrons. The van der Waals surface area contributed by atoms with Gasteiger partial charge in [0.1, 0.15) is 12.1 Å². The molecular weight excluding hydrogens is 392 g/mol. The first-order valence-electron chi connectivity index (χ1n) is 10.4. The molecular formula is C21H30N2O5S. The molecule has 7 nitrogen and oxygen atoms in total. The number of nitrogens with one attached hydrogen (secondary N) is 1. The second-order valence-corrected chi connectivity index (χ2v) is 10.1. The van der Waals surface area contributed by atoms with E-state index in [0.717, 1.165) is 31.2 Å². The minimum absolute atomic E-state index is 0.153. The number of benzene rings is 1. The fourth-order valence-corrected chi connectivity index (χ4v) is 6.04. The molecule has 0 aromatic heterocycles. The topological polar surface area (TPSA) is 104 Å². The lowest BCUT2D eigenvalue weighted by molar-refractivity contribution is -0.142. The number of carbonyl (C=O) groups excluding carboxylic acids is 1. The molecule has 1 aliphatic heterocycles. The van der Waals surface area contributed by atoms with Crippen molar-refractivity contribution in [2.24, 2.45) is 5.92 Å². The SMILES string of the molecule is Cc1ccc(S(=O)(=O)N2CCC[C@H]2C(=O)NC(CC2CCCCC2)C(=O)O)cc1. The number of aliphatic carboxylic acids is 1. The average Bonchev–Trinajstić information content (AvgIpc) is 3.19. The predicted octanol–water partition coefficient (Wildman–Crippen LogP) is 2.69. The third-order valence-corrected chi connectivity index (χ3v) is 7.96. The van der Waals surface area contributed by atoms with Gasteiger partial charge in [0.15, 0.2) is 0 Å². The van der Waals surface area contributed by atoms with Gasteiger partial charge in [0, 0.05) is 6.54 Å². The maximum atomic E-state index is 13.0. The first-order valence-corrected chi connectivity index (χ1v) is 11.8. The number of carboxylic acid groups (broad SMARTS) is 1. The van der Waals surface area contributed by atoms with Gasteiger partial charge in [0.25, 0.3) is 0 Å². The van der Waals surface area contributed by atoms with Crippen LogP contribution in [0.15, 0.2) is 29.2 Å². The number of hydrogen-bond acceptors (Lipinski definition) is 4. The van der Waals surface area contributed by atoms with E-state index >= 15 is 0 Å². The first-order chi connectivity index (χ1) is 13.8. The monoisotopic (exact) mass is 422 g/mol. The number of sulfonamides is 1. The van der Waals surface area contributed by atoms with E-state index < -0.39 is 34.0 Å². The second kappa shape index (κ2) is 9.26. The summed E-state index contributed by atoms with van der Waals surface area (Å²) in [6, 6.07) is 4.69.